The number of benzene rings is 2. The smallest absolute Gasteiger partial charge is 0.331 e. The SMILES string of the molecule is CCCCCCCCc1c(CCCCCCCC)c(C(OCC)(OCC)S(=O)(=O)O)c(OCC)c(OCC)c1-c1ccccc1. The molecule has 2 rings (SSSR count). The summed E-state index contributed by atoms with van der Waals surface area (Å²) in [5.41, 5.74) is 3.93. The molecule has 1 N–H and O–H groups in total. The molecule has 0 aliphatic rings. The van der Waals surface area contributed by atoms with Crippen LogP contribution in [-0.2, 0) is 37.6 Å². The molecule has 0 amide bonds. The highest BCUT2D eigenvalue weighted by molar-refractivity contribution is 7.86. The molecule has 0 bridgehead atoms. The average molecular weight is 649 g/mol. The molecule has 256 valence electrons. The highest BCUT2D eigenvalue weighted by Gasteiger charge is 2.53. The monoisotopic (exact) mass is 648 g/mol. The minimum atomic E-state index is -4.95. The minimum Gasteiger partial charge on any atom is -0.489 e. The van der Waals surface area contributed by atoms with E-state index >= 15 is 0 Å². The van der Waals surface area contributed by atoms with Gasteiger partial charge in [-0.05, 0) is 70.1 Å². The highest BCUT2D eigenvalue weighted by atomic mass is 32.2. The molecule has 45 heavy (non-hydrogen) atoms. The van der Waals surface area contributed by atoms with Gasteiger partial charge in [-0.15, -0.1) is 0 Å². The molecule has 0 heterocycles. The Kier molecular flexibility index (Phi) is 18.1. The molecule has 0 spiro atoms. The number of hydrogen-bond acceptors (Lipinski definition) is 6. The summed E-state index contributed by atoms with van der Waals surface area (Å²) >= 11 is 0. The van der Waals surface area contributed by atoms with Gasteiger partial charge in [0.2, 0.25) is 0 Å². The lowest BCUT2D eigenvalue weighted by Crippen LogP contribution is -2.43. The minimum absolute atomic E-state index is 0.00101. The van der Waals surface area contributed by atoms with Crippen molar-refractivity contribution in [2.24, 2.45) is 0 Å². The second-order valence-corrected chi connectivity index (χ2v) is 13.0. The van der Waals surface area contributed by atoms with Crippen molar-refractivity contribution in [1.82, 2.24) is 0 Å². The van der Waals surface area contributed by atoms with E-state index in [1.165, 1.54) is 38.5 Å². The van der Waals surface area contributed by atoms with E-state index in [1.54, 1.807) is 13.8 Å². The Balaban J connectivity index is 3.03. The van der Waals surface area contributed by atoms with Crippen molar-refractivity contribution >= 4 is 10.1 Å². The Hall–Kier alpha value is -2.13. The molecule has 2 aromatic carbocycles. The molecule has 0 radical (unpaired) electrons. The molecule has 0 saturated heterocycles. The maximum absolute atomic E-state index is 13.5. The van der Waals surface area contributed by atoms with Gasteiger partial charge in [-0.3, -0.25) is 4.55 Å². The molecule has 0 fully saturated rings. The second-order valence-electron chi connectivity index (χ2n) is 11.5. The molecular weight excluding hydrogens is 588 g/mol. The van der Waals surface area contributed by atoms with E-state index in [2.05, 4.69) is 26.0 Å². The first-order valence-corrected chi connectivity index (χ1v) is 19.0. The molecule has 0 aliphatic carbocycles. The lowest BCUT2D eigenvalue weighted by Gasteiger charge is -2.36. The van der Waals surface area contributed by atoms with E-state index in [0.717, 1.165) is 67.2 Å². The van der Waals surface area contributed by atoms with Crippen LogP contribution in [0.1, 0.15) is 135 Å². The summed E-state index contributed by atoms with van der Waals surface area (Å²) in [6, 6.07) is 10.1. The first-order chi connectivity index (χ1) is 21.8. The molecule has 8 heteroatoms. The van der Waals surface area contributed by atoms with Crippen molar-refractivity contribution in [3.63, 3.8) is 0 Å². The second kappa shape index (κ2) is 20.9. The van der Waals surface area contributed by atoms with Crippen LogP contribution in [-0.4, -0.2) is 39.4 Å². The molecule has 0 aliphatic heterocycles. The summed E-state index contributed by atoms with van der Waals surface area (Å²) in [4.78, 5) is 0. The summed E-state index contributed by atoms with van der Waals surface area (Å²) in [5, 5.41) is -2.46. The Morgan fingerprint density at radius 2 is 1.07 bits per heavy atom. The summed E-state index contributed by atoms with van der Waals surface area (Å²) in [5.74, 6) is 0.714. The van der Waals surface area contributed by atoms with Gasteiger partial charge in [0.25, 0.3) is 0 Å². The van der Waals surface area contributed by atoms with E-state index < -0.39 is 15.2 Å². The molecule has 0 aromatic heterocycles. The number of ether oxygens (including phenoxy) is 4. The fraction of sp³-hybridized carbons (Fsp3) is 0.676. The Labute approximate surface area is 274 Å². The van der Waals surface area contributed by atoms with E-state index in [4.69, 9.17) is 18.9 Å². The van der Waals surface area contributed by atoms with Crippen molar-refractivity contribution in [2.45, 2.75) is 137 Å². The fourth-order valence-electron chi connectivity index (χ4n) is 6.16. The molecule has 0 saturated carbocycles. The summed E-state index contributed by atoms with van der Waals surface area (Å²) in [6.07, 6.45) is 14.6. The van der Waals surface area contributed by atoms with E-state index in [1.807, 2.05) is 32.0 Å². The molecular formula is C37H60O7S. The van der Waals surface area contributed by atoms with Gasteiger partial charge in [0.1, 0.15) is 0 Å². The molecule has 2 aromatic rings. The predicted octanol–water partition coefficient (Wildman–Crippen LogP) is 10.0. The van der Waals surface area contributed by atoms with Crippen molar-refractivity contribution in [1.29, 1.82) is 0 Å². The van der Waals surface area contributed by atoms with Gasteiger partial charge in [-0.2, -0.15) is 8.42 Å². The Morgan fingerprint density at radius 1 is 0.600 bits per heavy atom. The fourth-order valence-corrected chi connectivity index (χ4v) is 7.17. The van der Waals surface area contributed by atoms with Crippen LogP contribution >= 0.6 is 0 Å². The van der Waals surface area contributed by atoms with Crippen LogP contribution in [0.25, 0.3) is 11.1 Å². The maximum atomic E-state index is 13.5. The number of hydrogen-bond donors (Lipinski definition) is 1. The Morgan fingerprint density at radius 3 is 1.53 bits per heavy atom. The van der Waals surface area contributed by atoms with Crippen LogP contribution in [0.2, 0.25) is 0 Å². The first-order valence-electron chi connectivity index (χ1n) is 17.6. The summed E-state index contributed by atoms with van der Waals surface area (Å²) in [7, 11) is -4.95. The van der Waals surface area contributed by atoms with Crippen molar-refractivity contribution in [3.8, 4) is 22.6 Å². The van der Waals surface area contributed by atoms with Crippen molar-refractivity contribution in [2.75, 3.05) is 26.4 Å². The van der Waals surface area contributed by atoms with Gasteiger partial charge >= 0.3 is 15.2 Å². The van der Waals surface area contributed by atoms with E-state index in [0.29, 0.717) is 18.8 Å². The van der Waals surface area contributed by atoms with Gasteiger partial charge in [0, 0.05) is 18.8 Å². The quantitative estimate of drug-likeness (QED) is 0.0651. The summed E-state index contributed by atoms with van der Waals surface area (Å²) < 4.78 is 62.7. The van der Waals surface area contributed by atoms with Gasteiger partial charge in [0.05, 0.1) is 18.8 Å². The van der Waals surface area contributed by atoms with Crippen LogP contribution < -0.4 is 9.47 Å². The van der Waals surface area contributed by atoms with Crippen LogP contribution in [0.5, 0.6) is 11.5 Å². The molecule has 0 atom stereocenters. The third-order valence-corrected chi connectivity index (χ3v) is 9.26. The van der Waals surface area contributed by atoms with Crippen LogP contribution in [0.4, 0.5) is 0 Å². The maximum Gasteiger partial charge on any atom is 0.331 e. The Bertz CT molecular complexity index is 1210. The standard InChI is InChI=1S/C37H60O7S/c1-7-13-15-17-19-24-28-31-32(29-25-20-18-16-14-8-2)34(37(43-11-5,44-12-6)45(38,39)40)36(42-10-4)35(41-9-3)33(31)30-26-22-21-23-27-30/h21-23,26-27H,7-20,24-25,28-29H2,1-6H3,(H,38,39,40). The zero-order valence-electron chi connectivity index (χ0n) is 28.9. The van der Waals surface area contributed by atoms with Crippen LogP contribution in [0.15, 0.2) is 30.3 Å². The third-order valence-electron chi connectivity index (χ3n) is 8.14. The van der Waals surface area contributed by atoms with Crippen LogP contribution in [0, 0.1) is 0 Å². The van der Waals surface area contributed by atoms with Crippen molar-refractivity contribution in [3.05, 3.63) is 47.0 Å². The number of unbranched alkanes of at least 4 members (excludes halogenated alkanes) is 10. The largest absolute Gasteiger partial charge is 0.489 e. The number of rotatable bonds is 25. The molecule has 0 unspecified atom stereocenters. The highest BCUT2D eigenvalue weighted by Crippen LogP contribution is 2.52. The van der Waals surface area contributed by atoms with Gasteiger partial charge in [-0.25, -0.2) is 0 Å². The molecule has 7 nitrogen and oxygen atoms in total. The lowest BCUT2D eigenvalue weighted by atomic mass is 9.84. The average Bonchev–Trinajstić information content (AvgIpc) is 3.02. The third kappa shape index (κ3) is 10.7. The van der Waals surface area contributed by atoms with Crippen molar-refractivity contribution < 1.29 is 31.9 Å². The predicted molar refractivity (Wildman–Crippen MR) is 185 cm³/mol. The van der Waals surface area contributed by atoms with Gasteiger partial charge in [0.15, 0.2) is 11.5 Å². The van der Waals surface area contributed by atoms with Gasteiger partial charge < -0.3 is 18.9 Å². The zero-order valence-corrected chi connectivity index (χ0v) is 29.7. The lowest BCUT2D eigenvalue weighted by molar-refractivity contribution is -0.184. The van der Waals surface area contributed by atoms with Crippen LogP contribution in [0.3, 0.4) is 0 Å². The topological polar surface area (TPSA) is 91.3 Å². The van der Waals surface area contributed by atoms with Gasteiger partial charge in [-0.1, -0.05) is 108 Å². The van der Waals surface area contributed by atoms with E-state index in [-0.39, 0.29) is 31.1 Å². The summed E-state index contributed by atoms with van der Waals surface area (Å²) in [6.45, 7) is 12.2. The van der Waals surface area contributed by atoms with E-state index in [9.17, 15) is 13.0 Å². The normalized spacial score (nSPS) is 12.1. The first kappa shape index (κ1) is 39.1. The zero-order chi connectivity index (χ0) is 33.1.